The first-order chi connectivity index (χ1) is 10.3. The van der Waals surface area contributed by atoms with Crippen LogP contribution in [-0.4, -0.2) is 30.3 Å². The Hall–Kier alpha value is -1.95. The fourth-order valence-electron chi connectivity index (χ4n) is 1.76. The second-order valence-electron chi connectivity index (χ2n) is 5.26. The largest absolute Gasteiger partial charge is 0.434 e. The molecule has 1 amide bonds. The van der Waals surface area contributed by atoms with E-state index in [2.05, 4.69) is 10.1 Å². The molecule has 0 saturated heterocycles. The summed E-state index contributed by atoms with van der Waals surface area (Å²) >= 11 is 0. The number of para-hydroxylation sites is 1. The van der Waals surface area contributed by atoms with Gasteiger partial charge in [-0.1, -0.05) is 32.0 Å². The summed E-state index contributed by atoms with van der Waals surface area (Å²) in [6.45, 7) is 2.52. The first-order valence-electron chi connectivity index (χ1n) is 6.99. The minimum absolute atomic E-state index is 0.0151. The molecule has 1 rings (SSSR count). The summed E-state index contributed by atoms with van der Waals surface area (Å²) < 4.78 is 29.2. The Kier molecular flexibility index (Phi) is 6.98. The molecule has 1 atom stereocenters. The van der Waals surface area contributed by atoms with Gasteiger partial charge < -0.3 is 15.2 Å². The van der Waals surface area contributed by atoms with Gasteiger partial charge in [0.2, 0.25) is 5.91 Å². The van der Waals surface area contributed by atoms with Crippen molar-refractivity contribution in [1.29, 1.82) is 0 Å². The van der Waals surface area contributed by atoms with Crippen LogP contribution in [0.15, 0.2) is 30.3 Å². The van der Waals surface area contributed by atoms with Gasteiger partial charge in [0.05, 0.1) is 6.10 Å². The standard InChI is InChI=1S/C16H21F2NO3/c1-10(2)13(20)9-19-15(21)8-11(3)12-6-4-5-7-14(12)22-16(17)18/h4-8,10,13,16,20H,9H2,1-3H3,(H,19,21)/b11-8-. The molecule has 22 heavy (non-hydrogen) atoms. The molecule has 1 aromatic carbocycles. The molecular formula is C16H21F2NO3. The monoisotopic (exact) mass is 313 g/mol. The lowest BCUT2D eigenvalue weighted by atomic mass is 10.1. The number of hydrogen-bond donors (Lipinski definition) is 2. The molecule has 0 heterocycles. The number of aliphatic hydroxyl groups excluding tert-OH is 1. The quantitative estimate of drug-likeness (QED) is 0.761. The maximum atomic E-state index is 12.4. The predicted molar refractivity (Wildman–Crippen MR) is 80.6 cm³/mol. The molecule has 0 fully saturated rings. The van der Waals surface area contributed by atoms with Crippen LogP contribution < -0.4 is 10.1 Å². The van der Waals surface area contributed by atoms with Crippen molar-refractivity contribution >= 4 is 11.5 Å². The van der Waals surface area contributed by atoms with Crippen LogP contribution in [0.2, 0.25) is 0 Å². The van der Waals surface area contributed by atoms with E-state index in [4.69, 9.17) is 0 Å². The van der Waals surface area contributed by atoms with Gasteiger partial charge in [-0.15, -0.1) is 0 Å². The second kappa shape index (κ2) is 8.48. The molecule has 1 aromatic rings. The highest BCUT2D eigenvalue weighted by molar-refractivity contribution is 5.95. The third-order valence-electron chi connectivity index (χ3n) is 3.13. The average molecular weight is 313 g/mol. The number of allylic oxidation sites excluding steroid dienone is 1. The van der Waals surface area contributed by atoms with E-state index in [1.54, 1.807) is 25.1 Å². The molecule has 2 N–H and O–H groups in total. The number of benzene rings is 1. The Morgan fingerprint density at radius 1 is 1.36 bits per heavy atom. The summed E-state index contributed by atoms with van der Waals surface area (Å²) in [7, 11) is 0. The van der Waals surface area contributed by atoms with Crippen molar-refractivity contribution in [2.24, 2.45) is 5.92 Å². The fraction of sp³-hybridized carbons (Fsp3) is 0.438. The number of hydrogen-bond acceptors (Lipinski definition) is 3. The zero-order chi connectivity index (χ0) is 16.7. The molecule has 0 aromatic heterocycles. The van der Waals surface area contributed by atoms with E-state index < -0.39 is 18.6 Å². The minimum Gasteiger partial charge on any atom is -0.434 e. The summed E-state index contributed by atoms with van der Waals surface area (Å²) in [6.07, 6.45) is 0.660. The number of nitrogens with one attached hydrogen (secondary N) is 1. The molecule has 0 bridgehead atoms. The highest BCUT2D eigenvalue weighted by Crippen LogP contribution is 2.26. The molecule has 0 aliphatic heterocycles. The minimum atomic E-state index is -2.93. The topological polar surface area (TPSA) is 58.6 Å². The lowest BCUT2D eigenvalue weighted by molar-refractivity contribution is -0.117. The van der Waals surface area contributed by atoms with Gasteiger partial charge in [0.1, 0.15) is 5.75 Å². The zero-order valence-electron chi connectivity index (χ0n) is 12.8. The second-order valence-corrected chi connectivity index (χ2v) is 5.26. The molecular weight excluding hydrogens is 292 g/mol. The highest BCUT2D eigenvalue weighted by atomic mass is 19.3. The maximum absolute atomic E-state index is 12.4. The number of aliphatic hydroxyl groups is 1. The number of carbonyl (C=O) groups is 1. The van der Waals surface area contributed by atoms with Crippen LogP contribution in [0, 0.1) is 5.92 Å². The number of carbonyl (C=O) groups excluding carboxylic acids is 1. The van der Waals surface area contributed by atoms with Crippen LogP contribution in [0.5, 0.6) is 5.75 Å². The number of halogens is 2. The van der Waals surface area contributed by atoms with Crippen LogP contribution in [-0.2, 0) is 4.79 Å². The SMILES string of the molecule is C/C(=C/C(=O)NCC(O)C(C)C)c1ccccc1OC(F)F. The third kappa shape index (κ3) is 5.81. The van der Waals surface area contributed by atoms with Crippen LogP contribution in [0.3, 0.4) is 0 Å². The van der Waals surface area contributed by atoms with Crippen molar-refractivity contribution in [3.63, 3.8) is 0 Å². The van der Waals surface area contributed by atoms with Gasteiger partial charge in [-0.3, -0.25) is 4.79 Å². The van der Waals surface area contributed by atoms with Crippen LogP contribution in [0.4, 0.5) is 8.78 Å². The molecule has 4 nitrogen and oxygen atoms in total. The molecule has 0 spiro atoms. The van der Waals surface area contributed by atoms with Crippen molar-refractivity contribution in [3.8, 4) is 5.75 Å². The van der Waals surface area contributed by atoms with Gasteiger partial charge in [0, 0.05) is 18.2 Å². The molecule has 0 aliphatic carbocycles. The number of amides is 1. The zero-order valence-corrected chi connectivity index (χ0v) is 12.8. The van der Waals surface area contributed by atoms with Crippen molar-refractivity contribution in [3.05, 3.63) is 35.9 Å². The third-order valence-corrected chi connectivity index (χ3v) is 3.13. The lowest BCUT2D eigenvalue weighted by Crippen LogP contribution is -2.33. The summed E-state index contributed by atoms with van der Waals surface area (Å²) in [5, 5.41) is 12.2. The van der Waals surface area contributed by atoms with E-state index in [1.165, 1.54) is 12.1 Å². The van der Waals surface area contributed by atoms with E-state index in [-0.39, 0.29) is 18.2 Å². The molecule has 0 aliphatic rings. The van der Waals surface area contributed by atoms with Gasteiger partial charge in [-0.25, -0.2) is 0 Å². The van der Waals surface area contributed by atoms with E-state index in [0.717, 1.165) is 0 Å². The van der Waals surface area contributed by atoms with E-state index in [1.807, 2.05) is 13.8 Å². The van der Waals surface area contributed by atoms with Crippen molar-refractivity contribution in [2.75, 3.05) is 6.54 Å². The fourth-order valence-corrected chi connectivity index (χ4v) is 1.76. The van der Waals surface area contributed by atoms with E-state index >= 15 is 0 Å². The smallest absolute Gasteiger partial charge is 0.387 e. The number of ether oxygens (including phenoxy) is 1. The molecule has 122 valence electrons. The van der Waals surface area contributed by atoms with Crippen LogP contribution >= 0.6 is 0 Å². The molecule has 0 radical (unpaired) electrons. The van der Waals surface area contributed by atoms with Gasteiger partial charge >= 0.3 is 6.61 Å². The Labute approximate surface area is 128 Å². The summed E-state index contributed by atoms with van der Waals surface area (Å²) in [5.74, 6) is -0.351. The Bertz CT molecular complexity index is 530. The Morgan fingerprint density at radius 2 is 2.00 bits per heavy atom. The Balaban J connectivity index is 2.78. The predicted octanol–water partition coefficient (Wildman–Crippen LogP) is 2.82. The summed E-state index contributed by atoms with van der Waals surface area (Å²) in [4.78, 5) is 11.8. The van der Waals surface area contributed by atoms with Gasteiger partial charge in [-0.2, -0.15) is 8.78 Å². The first-order valence-corrected chi connectivity index (χ1v) is 6.99. The number of alkyl halides is 2. The van der Waals surface area contributed by atoms with E-state index in [9.17, 15) is 18.7 Å². The number of rotatable bonds is 7. The summed E-state index contributed by atoms with van der Waals surface area (Å²) in [6, 6.07) is 6.26. The molecule has 0 saturated carbocycles. The van der Waals surface area contributed by atoms with Crippen molar-refractivity contribution in [1.82, 2.24) is 5.32 Å². The van der Waals surface area contributed by atoms with Gasteiger partial charge in [0.15, 0.2) is 0 Å². The van der Waals surface area contributed by atoms with Crippen LogP contribution in [0.25, 0.3) is 5.57 Å². The Morgan fingerprint density at radius 3 is 2.59 bits per heavy atom. The average Bonchev–Trinajstić information content (AvgIpc) is 2.44. The first kappa shape index (κ1) is 18.1. The van der Waals surface area contributed by atoms with Crippen molar-refractivity contribution < 1.29 is 23.4 Å². The molecule has 6 heteroatoms. The highest BCUT2D eigenvalue weighted by Gasteiger charge is 2.12. The normalized spacial score (nSPS) is 13.4. The van der Waals surface area contributed by atoms with Gasteiger partial charge in [-0.05, 0) is 24.5 Å². The van der Waals surface area contributed by atoms with Crippen molar-refractivity contribution in [2.45, 2.75) is 33.5 Å². The maximum Gasteiger partial charge on any atom is 0.387 e. The lowest BCUT2D eigenvalue weighted by Gasteiger charge is -2.14. The summed E-state index contributed by atoms with van der Waals surface area (Å²) in [5.41, 5.74) is 0.912. The van der Waals surface area contributed by atoms with E-state index in [0.29, 0.717) is 11.1 Å². The van der Waals surface area contributed by atoms with Crippen LogP contribution in [0.1, 0.15) is 26.3 Å². The van der Waals surface area contributed by atoms with Gasteiger partial charge in [0.25, 0.3) is 0 Å². The molecule has 1 unspecified atom stereocenters.